The molecule has 3 aromatic heterocycles. The van der Waals surface area contributed by atoms with Gasteiger partial charge in [0.25, 0.3) is 5.88 Å². The van der Waals surface area contributed by atoms with Gasteiger partial charge in [0, 0.05) is 69.6 Å². The average molecular weight is 1310 g/mol. The van der Waals surface area contributed by atoms with Crippen LogP contribution in [-0.4, -0.2) is 183 Å². The maximum atomic E-state index is 14.4. The van der Waals surface area contributed by atoms with Crippen LogP contribution in [0.3, 0.4) is 0 Å². The van der Waals surface area contributed by atoms with E-state index in [-0.39, 0.29) is 79.9 Å². The first-order valence-electron chi connectivity index (χ1n) is 32.4. The highest BCUT2D eigenvalue weighted by Crippen LogP contribution is 2.40. The van der Waals surface area contributed by atoms with Gasteiger partial charge in [-0.25, -0.2) is 14.6 Å². The number of nitrogens with one attached hydrogen (secondary N) is 4. The van der Waals surface area contributed by atoms with E-state index in [1.165, 1.54) is 9.80 Å². The minimum Gasteiger partial charge on any atom is -0.507 e. The number of ether oxygens (including phenoxy) is 2. The number of rotatable bonds is 25. The lowest BCUT2D eigenvalue weighted by Gasteiger charge is -2.48. The van der Waals surface area contributed by atoms with E-state index in [0.29, 0.717) is 84.9 Å². The Morgan fingerprint density at radius 2 is 1.61 bits per heavy atom. The number of benzene rings is 3. The summed E-state index contributed by atoms with van der Waals surface area (Å²) in [5.41, 5.74) is 18.8. The number of aryl methyl sites for hydroxylation is 1. The number of piperidine rings is 1. The summed E-state index contributed by atoms with van der Waals surface area (Å²) in [5.74, 6) is -1.29. The second-order valence-electron chi connectivity index (χ2n) is 25.6. The summed E-state index contributed by atoms with van der Waals surface area (Å²) in [6.45, 7) is 17.6. The molecular weight excluding hydrogens is 1220 g/mol. The number of hydrogen-bond acceptors (Lipinski definition) is 20. The van der Waals surface area contributed by atoms with E-state index in [1.807, 2.05) is 83.5 Å². The number of phenolic OH excluding ortho intramolecular Hbond substituents is 1. The number of fused-ring (bicyclic) bond motifs is 3. The minimum absolute atomic E-state index is 0.0226. The minimum atomic E-state index is -0.942. The van der Waals surface area contributed by atoms with Crippen molar-refractivity contribution in [3.05, 3.63) is 113 Å². The van der Waals surface area contributed by atoms with E-state index in [4.69, 9.17) is 25.5 Å². The highest BCUT2D eigenvalue weighted by molar-refractivity contribution is 7.13. The molecule has 0 radical (unpaired) electrons. The lowest BCUT2D eigenvalue weighted by molar-refractivity contribution is -0.141. The van der Waals surface area contributed by atoms with Crippen LogP contribution in [0.2, 0.25) is 0 Å². The molecule has 94 heavy (non-hydrogen) atoms. The van der Waals surface area contributed by atoms with E-state index in [9.17, 15) is 39.0 Å². The predicted octanol–water partition coefficient (Wildman–Crippen LogP) is 6.14. The number of thiazole rings is 1. The molecule has 0 bridgehead atoms. The number of amides is 7. The number of piperazine rings is 1. The maximum Gasteiger partial charge on any atom is 0.415 e. The van der Waals surface area contributed by atoms with Gasteiger partial charge in [-0.3, -0.25) is 33.9 Å². The van der Waals surface area contributed by atoms with Gasteiger partial charge in [0.1, 0.15) is 37.0 Å². The topological polar surface area (TPSA) is 342 Å². The highest BCUT2D eigenvalue weighted by atomic mass is 32.1. The number of β-amino-alcohol motifs (C(OH)–C–C–N with tert-alkyl or cyclic N) is 1. The molecule has 7 heterocycles. The molecule has 4 aliphatic rings. The molecule has 1 unspecified atom stereocenters. The van der Waals surface area contributed by atoms with Crippen molar-refractivity contribution in [3.63, 3.8) is 0 Å². The molecule has 0 aliphatic carbocycles. The summed E-state index contributed by atoms with van der Waals surface area (Å²) in [5, 5.41) is 46.0. The molecule has 26 nitrogen and oxygen atoms in total. The standard InChI is InChI=1S/C67H87N15O11S/c1-39(2)58(65(88)81-36-49(83)30-54(81)63(86)72-41(5)45-15-17-46(18-16-45)60-42(6)71-38-94-60)56-32-57(77-93-56)91-29-28-78-24-21-43(22-25-78)33-79-26-27-80-48(34-79)35-82(61-53(80)31-52(75-76-61)50-10-7-8-12-55(50)84)67(90)92-37-44-13-19-47(20-14-44)73-62(85)51(11-9-23-70-66(69)89)74-64(87)59(68)40(3)4/h7-8,10,12-20,31-32,38-41,43,48-49,51,54,58-59,83-84H,9,11,21-30,33-37,68H2,1-6H3,(H,72,86)(H,73,85)(H,74,87)(H3,69,70,89)/t41-,48?,49+,51-,54-,58+,59-/m0/s1. The van der Waals surface area contributed by atoms with Gasteiger partial charge >= 0.3 is 12.1 Å². The molecule has 6 aromatic rings. The van der Waals surface area contributed by atoms with Crippen LogP contribution in [-0.2, 0) is 30.5 Å². The van der Waals surface area contributed by atoms with Gasteiger partial charge in [0.15, 0.2) is 11.6 Å². The Morgan fingerprint density at radius 1 is 0.851 bits per heavy atom. The van der Waals surface area contributed by atoms with E-state index < -0.39 is 54.1 Å². The molecule has 7 atom stereocenters. The summed E-state index contributed by atoms with van der Waals surface area (Å²) in [4.78, 5) is 95.6. The van der Waals surface area contributed by atoms with E-state index in [1.54, 1.807) is 59.9 Å². The van der Waals surface area contributed by atoms with Crippen LogP contribution in [0.5, 0.6) is 11.6 Å². The number of aliphatic hydroxyl groups is 1. The zero-order valence-electron chi connectivity index (χ0n) is 54.1. The first-order chi connectivity index (χ1) is 45.2. The summed E-state index contributed by atoms with van der Waals surface area (Å²) >= 11 is 1.58. The Balaban J connectivity index is 0.702. The number of para-hydroxylation sites is 1. The molecule has 10 rings (SSSR count). The van der Waals surface area contributed by atoms with E-state index in [2.05, 4.69) is 56.3 Å². The number of aliphatic hydroxyl groups excluding tert-OH is 1. The van der Waals surface area contributed by atoms with Crippen molar-refractivity contribution >= 4 is 64.3 Å². The SMILES string of the molecule is Cc1ncsc1-c1ccc([C@H](C)NC(=O)[C@@H]2C[C@@H](O)CN2C(=O)[C@@H](c2cc(OCCN3CCC(CN4CCN5c6cc(-c7ccccc7O)nnc6N(C(=O)OCc6ccc(NC(=O)[C@H](CCCNC(N)=O)NC(=O)[C@@H](N)C(C)C)cc6)CC5C4)CC3)no2)C(C)C)cc1. The van der Waals surface area contributed by atoms with Crippen molar-refractivity contribution in [3.8, 4) is 33.3 Å². The van der Waals surface area contributed by atoms with E-state index >= 15 is 0 Å². The van der Waals surface area contributed by atoms with Gasteiger partial charge in [-0.1, -0.05) is 76.2 Å². The summed E-state index contributed by atoms with van der Waals surface area (Å²) < 4.78 is 17.9. The number of carbonyl (C=O) groups is 6. The second kappa shape index (κ2) is 31.0. The first kappa shape index (κ1) is 68.1. The fourth-order valence-electron chi connectivity index (χ4n) is 12.8. The van der Waals surface area contributed by atoms with Crippen molar-refractivity contribution in [2.24, 2.45) is 29.2 Å². The molecule has 3 fully saturated rings. The van der Waals surface area contributed by atoms with Crippen LogP contribution < -0.4 is 47.3 Å². The third-order valence-corrected chi connectivity index (χ3v) is 19.1. The largest absolute Gasteiger partial charge is 0.507 e. The van der Waals surface area contributed by atoms with Gasteiger partial charge in [-0.15, -0.1) is 21.5 Å². The quantitative estimate of drug-likeness (QED) is 0.0298. The third kappa shape index (κ3) is 16.8. The number of aromatic nitrogens is 4. The lowest BCUT2D eigenvalue weighted by atomic mass is 9.91. The molecule has 3 saturated heterocycles. The highest BCUT2D eigenvalue weighted by Gasteiger charge is 2.44. The van der Waals surface area contributed by atoms with Crippen LogP contribution in [0.15, 0.2) is 95.0 Å². The molecule has 7 amide bonds. The predicted molar refractivity (Wildman–Crippen MR) is 355 cm³/mol. The molecule has 4 aliphatic heterocycles. The van der Waals surface area contributed by atoms with Gasteiger partial charge in [0.2, 0.25) is 23.6 Å². The van der Waals surface area contributed by atoms with Gasteiger partial charge in [-0.05, 0) is 123 Å². The summed E-state index contributed by atoms with van der Waals surface area (Å²) in [6.07, 6.45) is 1.20. The number of hydrogen-bond donors (Lipinski definition) is 8. The number of urea groups is 1. The second-order valence-corrected chi connectivity index (χ2v) is 26.5. The van der Waals surface area contributed by atoms with Crippen LogP contribution in [0.1, 0.15) is 101 Å². The Labute approximate surface area is 551 Å². The number of carbonyl (C=O) groups excluding carboxylic acids is 6. The van der Waals surface area contributed by atoms with Crippen molar-refractivity contribution in [2.75, 3.05) is 87.2 Å². The van der Waals surface area contributed by atoms with Gasteiger partial charge in [0.05, 0.1) is 58.2 Å². The van der Waals surface area contributed by atoms with Gasteiger partial charge in [-0.2, -0.15) is 0 Å². The number of nitrogens with zero attached hydrogens (tertiary/aromatic N) is 9. The molecular formula is C67H87N15O11S. The van der Waals surface area contributed by atoms with Crippen LogP contribution in [0, 0.1) is 24.7 Å². The average Bonchev–Trinajstić information content (AvgIpc) is 0.795. The summed E-state index contributed by atoms with van der Waals surface area (Å²) in [7, 11) is 0. The number of anilines is 3. The molecule has 3 aromatic carbocycles. The van der Waals surface area contributed by atoms with Crippen molar-refractivity contribution in [2.45, 2.75) is 122 Å². The molecule has 27 heteroatoms. The molecule has 10 N–H and O–H groups in total. The Morgan fingerprint density at radius 3 is 2.31 bits per heavy atom. The zero-order valence-corrected chi connectivity index (χ0v) is 54.9. The molecule has 502 valence electrons. The number of nitrogens with two attached hydrogens (primary N) is 2. The number of aromatic hydroxyl groups is 1. The Hall–Kier alpha value is -8.76. The fraction of sp³-hybridized carbons (Fsp3) is 0.493. The van der Waals surface area contributed by atoms with Crippen molar-refractivity contribution in [1.29, 1.82) is 0 Å². The smallest absolute Gasteiger partial charge is 0.415 e. The first-order valence-corrected chi connectivity index (χ1v) is 33.2. The van der Waals surface area contributed by atoms with Crippen LogP contribution in [0.4, 0.5) is 26.8 Å². The fourth-order valence-corrected chi connectivity index (χ4v) is 13.6. The maximum absolute atomic E-state index is 14.4. The van der Waals surface area contributed by atoms with Crippen molar-refractivity contribution in [1.82, 2.24) is 51.0 Å². The number of phenols is 1. The number of primary amides is 1. The van der Waals surface area contributed by atoms with Gasteiger partial charge < -0.3 is 66.7 Å². The van der Waals surface area contributed by atoms with E-state index in [0.717, 1.165) is 60.7 Å². The lowest BCUT2D eigenvalue weighted by Crippen LogP contribution is -2.61. The zero-order chi connectivity index (χ0) is 66.7. The van der Waals surface area contributed by atoms with Crippen LogP contribution >= 0.6 is 11.3 Å². The third-order valence-electron chi connectivity index (χ3n) is 18.2. The normalized spacial score (nSPS) is 19.0. The Kier molecular flexibility index (Phi) is 22.5. The summed E-state index contributed by atoms with van der Waals surface area (Å²) in [6, 6.07) is 21.5. The number of likely N-dealkylation sites (tertiary alicyclic amines) is 2. The Bertz CT molecular complexity index is 3600. The van der Waals surface area contributed by atoms with Crippen molar-refractivity contribution < 1.29 is 53.0 Å². The monoisotopic (exact) mass is 1310 g/mol. The van der Waals surface area contributed by atoms with Crippen LogP contribution in [0.25, 0.3) is 21.7 Å². The molecule has 0 saturated carbocycles. The molecule has 0 spiro atoms.